The van der Waals surface area contributed by atoms with Gasteiger partial charge in [0.2, 0.25) is 10.0 Å². The van der Waals surface area contributed by atoms with Gasteiger partial charge in [-0.2, -0.15) is 14.4 Å². The summed E-state index contributed by atoms with van der Waals surface area (Å²) in [7, 11) is -3.72. The maximum absolute atomic E-state index is 13.4. The van der Waals surface area contributed by atoms with E-state index >= 15 is 0 Å². The number of carbonyl (C=O) groups is 2. The minimum Gasteiger partial charge on any atom is -0.466 e. The average Bonchev–Trinajstić information content (AvgIpc) is 3.65. The van der Waals surface area contributed by atoms with E-state index < -0.39 is 10.0 Å². The number of amides is 1. The van der Waals surface area contributed by atoms with E-state index in [0.29, 0.717) is 85.7 Å². The molecule has 0 atom stereocenters. The number of hydrogen-bond acceptors (Lipinski definition) is 9. The number of carbonyl (C=O) groups excluding carboxylic acids is 2. The number of piperidine rings is 1. The zero-order valence-corrected chi connectivity index (χ0v) is 25.9. The highest BCUT2D eigenvalue weighted by Gasteiger charge is 2.32. The van der Waals surface area contributed by atoms with Gasteiger partial charge in [0.15, 0.2) is 5.17 Å². The lowest BCUT2D eigenvalue weighted by Crippen LogP contribution is -2.40. The number of rotatable bonds is 7. The van der Waals surface area contributed by atoms with E-state index in [1.807, 2.05) is 47.5 Å². The number of para-hydroxylation sites is 1. The number of morpholine rings is 1. The monoisotopic (exact) mass is 635 g/mol. The summed E-state index contributed by atoms with van der Waals surface area (Å²) in [4.78, 5) is 32.2. The fourth-order valence-electron chi connectivity index (χ4n) is 5.41. The molecule has 3 aliphatic heterocycles. The number of aromatic nitrogens is 2. The first-order valence-corrected chi connectivity index (χ1v) is 16.9. The molecule has 3 aliphatic rings. The van der Waals surface area contributed by atoms with E-state index in [4.69, 9.17) is 14.6 Å². The Labute approximate surface area is 260 Å². The van der Waals surface area contributed by atoms with Gasteiger partial charge in [0.05, 0.1) is 41.2 Å². The molecule has 3 aromatic rings. The number of aliphatic imine (C=N–C) groups is 1. The third-order valence-corrected chi connectivity index (χ3v) is 10.7. The molecule has 0 N–H and O–H groups in total. The summed E-state index contributed by atoms with van der Waals surface area (Å²) < 4.78 is 40.5. The van der Waals surface area contributed by atoms with Crippen molar-refractivity contribution in [1.82, 2.24) is 19.0 Å². The largest absolute Gasteiger partial charge is 0.466 e. The fraction of sp³-hybridized carbons (Fsp3) is 0.355. The zero-order chi connectivity index (χ0) is 30.7. The number of hydrogen-bond donors (Lipinski definition) is 0. The molecule has 0 bridgehead atoms. The van der Waals surface area contributed by atoms with Gasteiger partial charge in [-0.05, 0) is 61.9 Å². The Bertz CT molecular complexity index is 1710. The fourth-order valence-corrected chi connectivity index (χ4v) is 7.82. The Morgan fingerprint density at radius 3 is 2.55 bits per heavy atom. The summed E-state index contributed by atoms with van der Waals surface area (Å²) in [6.07, 6.45) is 4.88. The van der Waals surface area contributed by atoms with Crippen molar-refractivity contribution < 1.29 is 27.5 Å². The van der Waals surface area contributed by atoms with E-state index in [1.165, 1.54) is 16.1 Å². The third-order valence-electron chi connectivity index (χ3n) is 7.76. The highest BCUT2D eigenvalue weighted by Crippen LogP contribution is 2.35. The van der Waals surface area contributed by atoms with Crippen LogP contribution in [0.2, 0.25) is 0 Å². The normalized spacial score (nSPS) is 19.4. The van der Waals surface area contributed by atoms with E-state index in [2.05, 4.69) is 4.99 Å². The van der Waals surface area contributed by atoms with Crippen LogP contribution in [0, 0.1) is 5.92 Å². The first-order valence-electron chi connectivity index (χ1n) is 14.6. The quantitative estimate of drug-likeness (QED) is 0.282. The van der Waals surface area contributed by atoms with Crippen molar-refractivity contribution in [3.8, 4) is 16.9 Å². The van der Waals surface area contributed by atoms with E-state index in [-0.39, 0.29) is 22.7 Å². The average molecular weight is 636 g/mol. The van der Waals surface area contributed by atoms with E-state index in [9.17, 15) is 18.0 Å². The molecule has 2 fully saturated rings. The van der Waals surface area contributed by atoms with Gasteiger partial charge in [-0.1, -0.05) is 30.3 Å². The molecule has 2 aromatic carbocycles. The van der Waals surface area contributed by atoms with Crippen LogP contribution in [0.15, 0.2) is 75.6 Å². The molecule has 44 heavy (non-hydrogen) atoms. The minimum absolute atomic E-state index is 0.141. The van der Waals surface area contributed by atoms with Gasteiger partial charge in [-0.15, -0.1) is 0 Å². The minimum atomic E-state index is -3.72. The molecular formula is C31H33N5O6S2. The number of likely N-dealkylation sites (tertiary alicyclic amines) is 1. The van der Waals surface area contributed by atoms with E-state index in [0.717, 1.165) is 5.69 Å². The highest BCUT2D eigenvalue weighted by molar-refractivity contribution is 8.18. The summed E-state index contributed by atoms with van der Waals surface area (Å²) in [5.74, 6) is -0.660. The second-order valence-corrected chi connectivity index (χ2v) is 13.5. The van der Waals surface area contributed by atoms with Crippen LogP contribution in [0.4, 0.5) is 0 Å². The van der Waals surface area contributed by atoms with Crippen LogP contribution >= 0.6 is 11.8 Å². The second-order valence-electron chi connectivity index (χ2n) is 10.6. The lowest BCUT2D eigenvalue weighted by molar-refractivity contribution is -0.149. The summed E-state index contributed by atoms with van der Waals surface area (Å²) in [6.45, 7) is 4.70. The van der Waals surface area contributed by atoms with Gasteiger partial charge in [0.25, 0.3) is 5.91 Å². The van der Waals surface area contributed by atoms with Crippen molar-refractivity contribution in [2.45, 2.75) is 24.7 Å². The standard InChI is InChI=1S/C31H33N5O6S2/c1-2-42-30(38)22-11-13-34(14-12-22)31-32-29(37)27(43-31)20-24-21-36(25-8-4-3-5-9-25)33-28(24)23-7-6-10-26(19-23)44(39,40)35-15-17-41-18-16-35/h3-10,19-22H,2,11-18H2,1H3. The van der Waals surface area contributed by atoms with Crippen molar-refractivity contribution in [3.63, 3.8) is 0 Å². The van der Waals surface area contributed by atoms with E-state index in [1.54, 1.807) is 35.9 Å². The smallest absolute Gasteiger partial charge is 0.309 e. The molecule has 13 heteroatoms. The Kier molecular flexibility index (Phi) is 8.98. The van der Waals surface area contributed by atoms with Crippen LogP contribution in [0.3, 0.4) is 0 Å². The number of sulfonamides is 1. The Morgan fingerprint density at radius 2 is 1.82 bits per heavy atom. The second kappa shape index (κ2) is 13.1. The number of benzene rings is 2. The number of esters is 1. The number of ether oxygens (including phenoxy) is 2. The van der Waals surface area contributed by atoms with Gasteiger partial charge in [0.1, 0.15) is 5.69 Å². The maximum Gasteiger partial charge on any atom is 0.309 e. The van der Waals surface area contributed by atoms with Crippen molar-refractivity contribution >= 4 is 44.9 Å². The highest BCUT2D eigenvalue weighted by atomic mass is 32.2. The molecule has 230 valence electrons. The predicted octanol–water partition coefficient (Wildman–Crippen LogP) is 3.81. The molecule has 1 amide bonds. The Balaban J connectivity index is 1.29. The first-order chi connectivity index (χ1) is 21.3. The van der Waals surface area contributed by atoms with Crippen LogP contribution in [0.25, 0.3) is 23.0 Å². The third kappa shape index (κ3) is 6.36. The Morgan fingerprint density at radius 1 is 1.07 bits per heavy atom. The molecule has 0 saturated carbocycles. The van der Waals surface area contributed by atoms with Crippen LogP contribution in [0.1, 0.15) is 25.3 Å². The van der Waals surface area contributed by atoms with Gasteiger partial charge in [-0.25, -0.2) is 13.1 Å². The molecule has 2 saturated heterocycles. The molecule has 0 spiro atoms. The lowest BCUT2D eigenvalue weighted by atomic mass is 9.97. The number of amidine groups is 1. The van der Waals surface area contributed by atoms with Gasteiger partial charge >= 0.3 is 5.97 Å². The van der Waals surface area contributed by atoms with Crippen LogP contribution in [-0.4, -0.2) is 90.4 Å². The van der Waals surface area contributed by atoms with Crippen molar-refractivity contribution in [3.05, 3.63) is 71.3 Å². The van der Waals surface area contributed by atoms with Gasteiger partial charge < -0.3 is 14.4 Å². The van der Waals surface area contributed by atoms with Crippen molar-refractivity contribution in [2.75, 3.05) is 46.0 Å². The summed E-state index contributed by atoms with van der Waals surface area (Å²) in [5.41, 5.74) is 2.63. The molecule has 0 unspecified atom stereocenters. The van der Waals surface area contributed by atoms with Crippen LogP contribution in [-0.2, 0) is 29.1 Å². The number of thioether (sulfide) groups is 1. The first kappa shape index (κ1) is 30.3. The summed E-state index contributed by atoms with van der Waals surface area (Å²) in [5, 5.41) is 5.44. The Hall–Kier alpha value is -3.78. The van der Waals surface area contributed by atoms with Crippen molar-refractivity contribution in [1.29, 1.82) is 0 Å². The SMILES string of the molecule is CCOC(=O)C1CCN(C2=NC(=O)C(=Cc3cn(-c4ccccc4)nc3-c3cccc(S(=O)(=O)N4CCOCC4)c3)S2)CC1. The van der Waals surface area contributed by atoms with Crippen LogP contribution < -0.4 is 0 Å². The molecule has 6 rings (SSSR count). The van der Waals surface area contributed by atoms with Crippen molar-refractivity contribution in [2.24, 2.45) is 10.9 Å². The topological polar surface area (TPSA) is 123 Å². The molecular weight excluding hydrogens is 603 g/mol. The zero-order valence-electron chi connectivity index (χ0n) is 24.3. The predicted molar refractivity (Wildman–Crippen MR) is 168 cm³/mol. The van der Waals surface area contributed by atoms with Gasteiger partial charge in [0, 0.05) is 43.5 Å². The molecule has 1 aromatic heterocycles. The lowest BCUT2D eigenvalue weighted by Gasteiger charge is -2.31. The molecule has 0 radical (unpaired) electrons. The summed E-state index contributed by atoms with van der Waals surface area (Å²) >= 11 is 1.30. The van der Waals surface area contributed by atoms with Crippen LogP contribution in [0.5, 0.6) is 0 Å². The maximum atomic E-state index is 13.4. The molecule has 0 aliphatic carbocycles. The number of nitrogens with zero attached hydrogens (tertiary/aromatic N) is 5. The molecule has 11 nitrogen and oxygen atoms in total. The van der Waals surface area contributed by atoms with Gasteiger partial charge in [-0.3, -0.25) is 9.59 Å². The molecule has 4 heterocycles. The summed E-state index contributed by atoms with van der Waals surface area (Å²) in [6, 6.07) is 16.3.